The zero-order valence-corrected chi connectivity index (χ0v) is 16.3. The summed E-state index contributed by atoms with van der Waals surface area (Å²) in [5.41, 5.74) is -3.62. The zero-order chi connectivity index (χ0) is 17.8. The second-order valence-corrected chi connectivity index (χ2v) is 4.81. The van der Waals surface area contributed by atoms with Gasteiger partial charge in [0.25, 0.3) is 11.4 Å². The van der Waals surface area contributed by atoms with Crippen LogP contribution in [0.3, 0.4) is 0 Å². The molecule has 11 heteroatoms. The van der Waals surface area contributed by atoms with E-state index >= 15 is 0 Å². The Bertz CT molecular complexity index is 576. The van der Waals surface area contributed by atoms with Gasteiger partial charge < -0.3 is 4.90 Å². The number of benzene rings is 1. The second kappa shape index (κ2) is 8.91. The Morgan fingerprint density at radius 3 is 1.83 bits per heavy atom. The van der Waals surface area contributed by atoms with Crippen molar-refractivity contribution in [3.05, 3.63) is 37.9 Å². The van der Waals surface area contributed by atoms with E-state index in [2.05, 4.69) is 0 Å². The SMILES string of the molecule is CCCCN(CC)c1c([N+](=O)[O-])cc(C(F)(F)F)cc1[N+](=O)[O-].[Zn+2]. The minimum absolute atomic E-state index is 0. The van der Waals surface area contributed by atoms with Crippen LogP contribution >= 0.6 is 0 Å². The summed E-state index contributed by atoms with van der Waals surface area (Å²) in [5.74, 6) is 0. The molecule has 0 unspecified atom stereocenters. The van der Waals surface area contributed by atoms with Gasteiger partial charge in [-0.1, -0.05) is 13.3 Å². The van der Waals surface area contributed by atoms with Crippen LogP contribution in [0.5, 0.6) is 0 Å². The minimum Gasteiger partial charge on any atom is -0.361 e. The van der Waals surface area contributed by atoms with E-state index in [1.807, 2.05) is 6.92 Å². The van der Waals surface area contributed by atoms with Gasteiger partial charge in [0.05, 0.1) is 15.4 Å². The molecule has 0 aliphatic carbocycles. The van der Waals surface area contributed by atoms with E-state index in [0.717, 1.165) is 6.42 Å². The first-order chi connectivity index (χ1) is 10.6. The molecule has 0 radical (unpaired) electrons. The van der Waals surface area contributed by atoms with Crippen molar-refractivity contribution >= 4 is 17.1 Å². The first-order valence-corrected chi connectivity index (χ1v) is 6.92. The second-order valence-electron chi connectivity index (χ2n) is 4.81. The Hall–Kier alpha value is -1.77. The number of halogens is 3. The standard InChI is InChI=1S/C13H16F3N3O4.Zn/c1-3-5-6-17(4-2)12-10(18(20)21)7-9(13(14,15)16)8-11(12)19(22)23;/h7-8H,3-6H2,1-2H3;/q;+2. The maximum atomic E-state index is 12.8. The first-order valence-electron chi connectivity index (χ1n) is 6.92. The fraction of sp³-hybridized carbons (Fsp3) is 0.538. The van der Waals surface area contributed by atoms with Gasteiger partial charge in [0, 0.05) is 25.2 Å². The van der Waals surface area contributed by atoms with Gasteiger partial charge in [0.2, 0.25) is 0 Å². The summed E-state index contributed by atoms with van der Waals surface area (Å²) in [6.45, 7) is 3.97. The number of rotatable bonds is 7. The Morgan fingerprint density at radius 1 is 1.08 bits per heavy atom. The van der Waals surface area contributed by atoms with Crippen molar-refractivity contribution in [1.82, 2.24) is 0 Å². The van der Waals surface area contributed by atoms with Crippen molar-refractivity contribution in [3.63, 3.8) is 0 Å². The van der Waals surface area contributed by atoms with Gasteiger partial charge in [0.1, 0.15) is 0 Å². The van der Waals surface area contributed by atoms with E-state index in [9.17, 15) is 33.4 Å². The van der Waals surface area contributed by atoms with Gasteiger partial charge in [-0.05, 0) is 13.3 Å². The first kappa shape index (κ1) is 22.2. The Balaban J connectivity index is 0.00000529. The smallest absolute Gasteiger partial charge is 0.361 e. The van der Waals surface area contributed by atoms with Crippen LogP contribution in [-0.2, 0) is 25.7 Å². The number of nitro benzene ring substituents is 2. The molecule has 1 aromatic rings. The molecule has 0 amide bonds. The van der Waals surface area contributed by atoms with E-state index < -0.39 is 33.0 Å². The number of nitro groups is 2. The molecule has 1 aromatic carbocycles. The summed E-state index contributed by atoms with van der Waals surface area (Å²) in [6.07, 6.45) is -3.57. The quantitative estimate of drug-likeness (QED) is 0.390. The molecule has 7 nitrogen and oxygen atoms in total. The molecule has 0 atom stereocenters. The summed E-state index contributed by atoms with van der Waals surface area (Å²) < 4.78 is 38.5. The van der Waals surface area contributed by atoms with Crippen LogP contribution in [0.4, 0.5) is 30.2 Å². The number of hydrogen-bond donors (Lipinski definition) is 0. The van der Waals surface area contributed by atoms with E-state index in [1.54, 1.807) is 6.92 Å². The van der Waals surface area contributed by atoms with Crippen LogP contribution in [0, 0.1) is 20.2 Å². The average Bonchev–Trinajstić information content (AvgIpc) is 2.46. The summed E-state index contributed by atoms with van der Waals surface area (Å²) >= 11 is 0. The summed E-state index contributed by atoms with van der Waals surface area (Å²) in [5, 5.41) is 22.3. The number of anilines is 1. The van der Waals surface area contributed by atoms with Gasteiger partial charge in [-0.3, -0.25) is 20.2 Å². The van der Waals surface area contributed by atoms with Crippen molar-refractivity contribution in [1.29, 1.82) is 0 Å². The zero-order valence-electron chi connectivity index (χ0n) is 13.3. The van der Waals surface area contributed by atoms with Gasteiger partial charge in [0.15, 0.2) is 5.69 Å². The van der Waals surface area contributed by atoms with E-state index in [-0.39, 0.29) is 38.3 Å². The third-order valence-corrected chi connectivity index (χ3v) is 3.27. The minimum atomic E-state index is -4.91. The van der Waals surface area contributed by atoms with Crippen LogP contribution in [0.25, 0.3) is 0 Å². The third-order valence-electron chi connectivity index (χ3n) is 3.27. The maximum Gasteiger partial charge on any atom is 2.00 e. The molecule has 128 valence electrons. The molecule has 0 aliphatic heterocycles. The molecule has 0 aliphatic rings. The maximum absolute atomic E-state index is 12.8. The van der Waals surface area contributed by atoms with Crippen LogP contribution < -0.4 is 4.90 Å². The molecule has 0 heterocycles. The number of nitrogens with zero attached hydrogens (tertiary/aromatic N) is 3. The van der Waals surface area contributed by atoms with E-state index in [0.29, 0.717) is 18.6 Å². The molecule has 24 heavy (non-hydrogen) atoms. The monoisotopic (exact) mass is 399 g/mol. The van der Waals surface area contributed by atoms with Gasteiger partial charge in [-0.2, -0.15) is 13.2 Å². The molecule has 0 bridgehead atoms. The fourth-order valence-corrected chi connectivity index (χ4v) is 2.15. The van der Waals surface area contributed by atoms with Gasteiger partial charge >= 0.3 is 25.7 Å². The normalized spacial score (nSPS) is 10.9. The summed E-state index contributed by atoms with van der Waals surface area (Å²) in [4.78, 5) is 21.6. The molecule has 0 fully saturated rings. The van der Waals surface area contributed by atoms with Crippen LogP contribution in [0.1, 0.15) is 32.3 Å². The van der Waals surface area contributed by atoms with Gasteiger partial charge in [-0.25, -0.2) is 0 Å². The molecule has 0 N–H and O–H groups in total. The molecule has 0 saturated carbocycles. The molecule has 0 aromatic heterocycles. The van der Waals surface area contributed by atoms with Gasteiger partial charge in [-0.15, -0.1) is 0 Å². The van der Waals surface area contributed by atoms with Crippen LogP contribution in [0.2, 0.25) is 0 Å². The predicted molar refractivity (Wildman–Crippen MR) is 77.5 cm³/mol. The number of alkyl halides is 3. The largest absolute Gasteiger partial charge is 2.00 e. The fourth-order valence-electron chi connectivity index (χ4n) is 2.15. The number of unbranched alkanes of at least 4 members (excludes halogenated alkanes) is 1. The number of hydrogen-bond acceptors (Lipinski definition) is 5. The molecular weight excluding hydrogens is 385 g/mol. The predicted octanol–water partition coefficient (Wildman–Crippen LogP) is 4.15. The molecule has 0 spiro atoms. The van der Waals surface area contributed by atoms with E-state index in [1.165, 1.54) is 4.90 Å². The topological polar surface area (TPSA) is 89.5 Å². The summed E-state index contributed by atoms with van der Waals surface area (Å²) in [7, 11) is 0. The Kier molecular flexibility index (Phi) is 8.25. The Labute approximate surface area is 148 Å². The molecule has 1 rings (SSSR count). The van der Waals surface area contributed by atoms with Crippen molar-refractivity contribution in [2.45, 2.75) is 32.9 Å². The van der Waals surface area contributed by atoms with Crippen molar-refractivity contribution in [3.8, 4) is 0 Å². The molecule has 0 saturated heterocycles. The van der Waals surface area contributed by atoms with Crippen molar-refractivity contribution in [2.24, 2.45) is 0 Å². The third kappa shape index (κ3) is 5.12. The van der Waals surface area contributed by atoms with Crippen LogP contribution in [-0.4, -0.2) is 22.9 Å². The van der Waals surface area contributed by atoms with Crippen molar-refractivity contribution in [2.75, 3.05) is 18.0 Å². The molecular formula is C13H16F3N3O4Zn+2. The van der Waals surface area contributed by atoms with Crippen molar-refractivity contribution < 1.29 is 42.5 Å². The van der Waals surface area contributed by atoms with E-state index in [4.69, 9.17) is 0 Å². The average molecular weight is 401 g/mol. The Morgan fingerprint density at radius 2 is 1.54 bits per heavy atom. The van der Waals surface area contributed by atoms with Crippen LogP contribution in [0.15, 0.2) is 12.1 Å². The summed E-state index contributed by atoms with van der Waals surface area (Å²) in [6, 6.07) is 0.688.